The first kappa shape index (κ1) is 21.4. The lowest BCUT2D eigenvalue weighted by atomic mass is 10.1. The monoisotopic (exact) mass is 460 g/mol. The van der Waals surface area contributed by atoms with Gasteiger partial charge in [-0.2, -0.15) is 0 Å². The van der Waals surface area contributed by atoms with Gasteiger partial charge < -0.3 is 9.73 Å². The van der Waals surface area contributed by atoms with Crippen LogP contribution in [0.4, 0.5) is 5.69 Å². The van der Waals surface area contributed by atoms with Crippen molar-refractivity contribution in [3.8, 4) is 17.1 Å². The summed E-state index contributed by atoms with van der Waals surface area (Å²) < 4.78 is 8.04. The van der Waals surface area contributed by atoms with Crippen LogP contribution < -0.4 is 5.32 Å². The summed E-state index contributed by atoms with van der Waals surface area (Å²) in [6.45, 7) is 5.56. The minimum atomic E-state index is -0.120. The molecule has 0 radical (unpaired) electrons. The molecule has 1 N–H and O–H groups in total. The molecule has 1 unspecified atom stereocenters. The molecule has 8 nitrogen and oxygen atoms in total. The van der Waals surface area contributed by atoms with Crippen molar-refractivity contribution in [2.75, 3.05) is 5.32 Å². The van der Waals surface area contributed by atoms with Gasteiger partial charge in [0.1, 0.15) is 5.82 Å². The highest BCUT2D eigenvalue weighted by atomic mass is 32.2. The lowest BCUT2D eigenvalue weighted by Gasteiger charge is -2.13. The maximum Gasteiger partial charge on any atom is 0.247 e. The van der Waals surface area contributed by atoms with Gasteiger partial charge in [-0.05, 0) is 57.0 Å². The van der Waals surface area contributed by atoms with Crippen molar-refractivity contribution in [1.82, 2.24) is 25.0 Å². The quantitative estimate of drug-likeness (QED) is 0.373. The van der Waals surface area contributed by atoms with Gasteiger partial charge in [0.05, 0.1) is 10.9 Å². The SMILES string of the molecule is CC(=O)Nc1cccc(-n2c(SC(C)c3nnc(-c4ccc(C)cc4)o3)nnc2C2CC2)c1. The molecule has 168 valence electrons. The van der Waals surface area contributed by atoms with E-state index in [-0.39, 0.29) is 11.2 Å². The Labute approximate surface area is 195 Å². The second-order valence-corrected chi connectivity index (χ2v) is 9.56. The lowest BCUT2D eigenvalue weighted by molar-refractivity contribution is -0.114. The number of nitrogens with one attached hydrogen (secondary N) is 1. The molecule has 1 amide bonds. The number of aryl methyl sites for hydroxylation is 1. The predicted molar refractivity (Wildman–Crippen MR) is 126 cm³/mol. The fourth-order valence-electron chi connectivity index (χ4n) is 3.55. The van der Waals surface area contributed by atoms with Gasteiger partial charge in [0, 0.05) is 24.1 Å². The Bertz CT molecular complexity index is 1290. The van der Waals surface area contributed by atoms with E-state index in [0.717, 1.165) is 40.8 Å². The third-order valence-electron chi connectivity index (χ3n) is 5.39. The number of rotatable bonds is 7. The molecule has 4 aromatic rings. The van der Waals surface area contributed by atoms with Crippen LogP contribution in [0.3, 0.4) is 0 Å². The van der Waals surface area contributed by atoms with Gasteiger partial charge in [0.15, 0.2) is 5.16 Å². The summed E-state index contributed by atoms with van der Waals surface area (Å²) in [6, 6.07) is 15.7. The number of hydrogen-bond acceptors (Lipinski definition) is 7. The Morgan fingerprint density at radius 3 is 2.64 bits per heavy atom. The third kappa shape index (κ3) is 4.68. The van der Waals surface area contributed by atoms with E-state index >= 15 is 0 Å². The van der Waals surface area contributed by atoms with Crippen LogP contribution in [0.5, 0.6) is 0 Å². The highest BCUT2D eigenvalue weighted by Gasteiger charge is 2.32. The van der Waals surface area contributed by atoms with Gasteiger partial charge >= 0.3 is 0 Å². The zero-order valence-electron chi connectivity index (χ0n) is 18.6. The molecule has 5 rings (SSSR count). The molecule has 0 saturated heterocycles. The van der Waals surface area contributed by atoms with Crippen molar-refractivity contribution in [2.24, 2.45) is 0 Å². The van der Waals surface area contributed by atoms with Crippen molar-refractivity contribution >= 4 is 23.4 Å². The summed E-state index contributed by atoms with van der Waals surface area (Å²) in [5, 5.41) is 21.0. The van der Waals surface area contributed by atoms with Crippen LogP contribution in [0.1, 0.15) is 55.1 Å². The van der Waals surface area contributed by atoms with Gasteiger partial charge in [0.2, 0.25) is 17.7 Å². The largest absolute Gasteiger partial charge is 0.419 e. The van der Waals surface area contributed by atoms with E-state index < -0.39 is 0 Å². The number of benzene rings is 2. The van der Waals surface area contributed by atoms with E-state index in [2.05, 4.69) is 30.3 Å². The lowest BCUT2D eigenvalue weighted by Crippen LogP contribution is -2.07. The maximum absolute atomic E-state index is 11.5. The number of amides is 1. The number of hydrogen-bond donors (Lipinski definition) is 1. The maximum atomic E-state index is 11.5. The van der Waals surface area contributed by atoms with Gasteiger partial charge in [-0.3, -0.25) is 9.36 Å². The Kier molecular flexibility index (Phi) is 5.72. The smallest absolute Gasteiger partial charge is 0.247 e. The predicted octanol–water partition coefficient (Wildman–Crippen LogP) is 5.31. The van der Waals surface area contributed by atoms with Crippen molar-refractivity contribution in [2.45, 2.75) is 49.9 Å². The van der Waals surface area contributed by atoms with E-state index in [4.69, 9.17) is 4.42 Å². The highest BCUT2D eigenvalue weighted by molar-refractivity contribution is 7.99. The molecule has 0 bridgehead atoms. The number of carbonyl (C=O) groups is 1. The van der Waals surface area contributed by atoms with Crippen LogP contribution in [-0.2, 0) is 4.79 Å². The molecule has 2 aromatic heterocycles. The molecule has 1 aliphatic rings. The zero-order chi connectivity index (χ0) is 22.9. The van der Waals surface area contributed by atoms with Crippen LogP contribution in [0.2, 0.25) is 0 Å². The minimum Gasteiger partial charge on any atom is -0.419 e. The zero-order valence-corrected chi connectivity index (χ0v) is 19.5. The van der Waals surface area contributed by atoms with E-state index in [1.165, 1.54) is 24.2 Å². The molecule has 0 aliphatic heterocycles. The third-order valence-corrected chi connectivity index (χ3v) is 6.42. The molecule has 1 aliphatic carbocycles. The Morgan fingerprint density at radius 1 is 1.12 bits per heavy atom. The summed E-state index contributed by atoms with van der Waals surface area (Å²) in [5.41, 5.74) is 3.72. The van der Waals surface area contributed by atoms with Crippen molar-refractivity contribution in [1.29, 1.82) is 0 Å². The Morgan fingerprint density at radius 2 is 1.91 bits per heavy atom. The summed E-state index contributed by atoms with van der Waals surface area (Å²) in [7, 11) is 0. The van der Waals surface area contributed by atoms with Crippen LogP contribution in [0.25, 0.3) is 17.1 Å². The van der Waals surface area contributed by atoms with Crippen molar-refractivity contribution in [3.05, 3.63) is 65.8 Å². The molecular weight excluding hydrogens is 436 g/mol. The van der Waals surface area contributed by atoms with E-state index in [9.17, 15) is 4.79 Å². The molecule has 2 aromatic carbocycles. The first-order valence-electron chi connectivity index (χ1n) is 10.9. The second kappa shape index (κ2) is 8.82. The van der Waals surface area contributed by atoms with Gasteiger partial charge in [0.25, 0.3) is 0 Å². The number of aromatic nitrogens is 5. The molecule has 33 heavy (non-hydrogen) atoms. The first-order valence-corrected chi connectivity index (χ1v) is 11.8. The average molecular weight is 461 g/mol. The number of anilines is 1. The minimum absolute atomic E-state index is 0.109. The molecule has 1 atom stereocenters. The fourth-order valence-corrected chi connectivity index (χ4v) is 4.46. The van der Waals surface area contributed by atoms with Crippen LogP contribution in [0, 0.1) is 6.92 Å². The Hall–Kier alpha value is -3.46. The van der Waals surface area contributed by atoms with Crippen LogP contribution in [0.15, 0.2) is 58.1 Å². The van der Waals surface area contributed by atoms with E-state index in [1.54, 1.807) is 0 Å². The summed E-state index contributed by atoms with van der Waals surface area (Å²) in [5.74, 6) is 2.27. The van der Waals surface area contributed by atoms with Gasteiger partial charge in [-0.15, -0.1) is 20.4 Å². The molecule has 0 spiro atoms. The first-order chi connectivity index (χ1) is 16.0. The Balaban J connectivity index is 1.42. The van der Waals surface area contributed by atoms with Gasteiger partial charge in [-0.25, -0.2) is 0 Å². The van der Waals surface area contributed by atoms with Crippen LogP contribution >= 0.6 is 11.8 Å². The second-order valence-electron chi connectivity index (χ2n) is 8.25. The van der Waals surface area contributed by atoms with Crippen molar-refractivity contribution < 1.29 is 9.21 Å². The molecule has 1 saturated carbocycles. The summed E-state index contributed by atoms with van der Waals surface area (Å²) in [4.78, 5) is 11.5. The summed E-state index contributed by atoms with van der Waals surface area (Å²) in [6.07, 6.45) is 2.21. The number of thioether (sulfide) groups is 1. The van der Waals surface area contributed by atoms with Crippen molar-refractivity contribution in [3.63, 3.8) is 0 Å². The normalized spacial score (nSPS) is 14.3. The molecular formula is C24H24N6O2S. The number of nitrogens with zero attached hydrogens (tertiary/aromatic N) is 5. The molecule has 2 heterocycles. The number of carbonyl (C=O) groups excluding carboxylic acids is 1. The molecule has 1 fully saturated rings. The van der Waals surface area contributed by atoms with E-state index in [0.29, 0.717) is 17.7 Å². The molecule has 9 heteroatoms. The van der Waals surface area contributed by atoms with E-state index in [1.807, 2.05) is 62.4 Å². The summed E-state index contributed by atoms with van der Waals surface area (Å²) >= 11 is 1.52. The average Bonchev–Trinajstić information content (AvgIpc) is 3.36. The fraction of sp³-hybridized carbons (Fsp3) is 0.292. The van der Waals surface area contributed by atoms with Gasteiger partial charge in [-0.1, -0.05) is 35.5 Å². The standard InChI is InChI=1S/C24H24N6O2S/c1-14-7-9-18(10-8-14)23-28-27-22(32-23)15(2)33-24-29-26-21(17-11-12-17)30(24)20-6-4-5-19(13-20)25-16(3)31/h4-10,13,15,17H,11-12H2,1-3H3,(H,25,31). The topological polar surface area (TPSA) is 98.7 Å². The van der Waals surface area contributed by atoms with Crippen LogP contribution in [-0.4, -0.2) is 30.9 Å². The highest BCUT2D eigenvalue weighted by Crippen LogP contribution is 2.43.